The molecule has 3 heterocycles. The molecule has 0 saturated carbocycles. The van der Waals surface area contributed by atoms with Gasteiger partial charge in [-0.25, -0.2) is 4.98 Å². The fourth-order valence-electron chi connectivity index (χ4n) is 5.80. The minimum atomic E-state index is 0.127. The molecule has 7 heteroatoms. The third-order valence-corrected chi connectivity index (χ3v) is 8.54. The average Bonchev–Trinajstić information content (AvgIpc) is 3.32. The van der Waals surface area contributed by atoms with Gasteiger partial charge >= 0.3 is 0 Å². The first kappa shape index (κ1) is 25.1. The lowest BCUT2D eigenvalue weighted by Gasteiger charge is -2.39. The number of amides is 1. The van der Waals surface area contributed by atoms with Crippen LogP contribution in [0, 0.1) is 12.8 Å². The number of halogens is 1. The Morgan fingerprint density at radius 2 is 1.50 bits per heavy atom. The van der Waals surface area contributed by atoms with Crippen LogP contribution in [0.4, 0.5) is 5.69 Å². The molecule has 0 spiro atoms. The largest absolute Gasteiger partial charge is 0.368 e. The van der Waals surface area contributed by atoms with Crippen LogP contribution in [-0.4, -0.2) is 64.5 Å². The highest BCUT2D eigenvalue weighted by atomic mass is 79.9. The van der Waals surface area contributed by atoms with Crippen LogP contribution in [0.5, 0.6) is 0 Å². The Hall–Kier alpha value is -3.16. The molecule has 0 bridgehead atoms. The molecule has 2 saturated heterocycles. The fraction of sp³-hybridized carbons (Fsp3) is 0.355. The van der Waals surface area contributed by atoms with E-state index in [0.717, 1.165) is 85.7 Å². The van der Waals surface area contributed by atoms with Crippen LogP contribution < -0.4 is 4.90 Å². The molecule has 0 N–H and O–H groups in total. The van der Waals surface area contributed by atoms with Crippen LogP contribution in [0.15, 0.2) is 77.3 Å². The highest BCUT2D eigenvalue weighted by Gasteiger charge is 2.31. The van der Waals surface area contributed by atoms with E-state index in [9.17, 15) is 4.79 Å². The topological polar surface area (TPSA) is 44.6 Å². The number of rotatable bonds is 5. The summed E-state index contributed by atoms with van der Waals surface area (Å²) < 4.78 is 3.34. The standard InChI is InChI=1S/C31H34BrN5O/c1-23-6-10-26(11-7-23)35-18-20-36(21-19-35)31(38)24-14-16-34(17-15-24)22-30-33-28-4-2-3-5-29(28)37(30)27-12-8-25(32)9-13-27/h2-13,24H,14-22H2,1H3. The van der Waals surface area contributed by atoms with Gasteiger partial charge in [0.15, 0.2) is 0 Å². The Morgan fingerprint density at radius 1 is 0.842 bits per heavy atom. The third kappa shape index (κ3) is 5.22. The lowest BCUT2D eigenvalue weighted by molar-refractivity contribution is -0.137. The number of imidazole rings is 1. The van der Waals surface area contributed by atoms with E-state index < -0.39 is 0 Å². The van der Waals surface area contributed by atoms with Gasteiger partial charge in [0, 0.05) is 47.9 Å². The molecular weight excluding hydrogens is 538 g/mol. The van der Waals surface area contributed by atoms with Gasteiger partial charge in [-0.15, -0.1) is 0 Å². The summed E-state index contributed by atoms with van der Waals surface area (Å²) in [4.78, 5) is 25.3. The first-order chi connectivity index (χ1) is 18.5. The number of piperidine rings is 1. The molecule has 2 aliphatic rings. The molecule has 0 aliphatic carbocycles. The summed E-state index contributed by atoms with van der Waals surface area (Å²) in [5.74, 6) is 1.52. The highest BCUT2D eigenvalue weighted by Crippen LogP contribution is 2.27. The second-order valence-corrected chi connectivity index (χ2v) is 11.4. The smallest absolute Gasteiger partial charge is 0.225 e. The SMILES string of the molecule is Cc1ccc(N2CCN(C(=O)C3CCN(Cc4nc5ccccc5n4-c4ccc(Br)cc4)CC3)CC2)cc1. The number of benzene rings is 3. The van der Waals surface area contributed by atoms with Crippen molar-refractivity contribution in [2.75, 3.05) is 44.2 Å². The summed E-state index contributed by atoms with van der Waals surface area (Å²) in [6.45, 7) is 8.16. The van der Waals surface area contributed by atoms with Crippen molar-refractivity contribution in [1.29, 1.82) is 0 Å². The van der Waals surface area contributed by atoms with Crippen LogP contribution in [0.2, 0.25) is 0 Å². The third-order valence-electron chi connectivity index (χ3n) is 8.01. The molecule has 1 amide bonds. The van der Waals surface area contributed by atoms with E-state index in [2.05, 4.69) is 109 Å². The molecule has 4 aromatic rings. The summed E-state index contributed by atoms with van der Waals surface area (Å²) in [7, 11) is 0. The second-order valence-electron chi connectivity index (χ2n) is 10.5. The van der Waals surface area contributed by atoms with Gasteiger partial charge in [0.05, 0.1) is 17.6 Å². The molecule has 6 rings (SSSR count). The lowest BCUT2D eigenvalue weighted by atomic mass is 9.95. The van der Waals surface area contributed by atoms with Crippen LogP contribution in [0.25, 0.3) is 16.7 Å². The summed E-state index contributed by atoms with van der Waals surface area (Å²) in [6.07, 6.45) is 1.82. The van der Waals surface area contributed by atoms with E-state index in [1.165, 1.54) is 11.3 Å². The van der Waals surface area contributed by atoms with Crippen LogP contribution in [-0.2, 0) is 11.3 Å². The van der Waals surface area contributed by atoms with Gasteiger partial charge in [0.25, 0.3) is 0 Å². The van der Waals surface area contributed by atoms with E-state index in [4.69, 9.17) is 4.98 Å². The number of aromatic nitrogens is 2. The number of aryl methyl sites for hydroxylation is 1. The predicted molar refractivity (Wildman–Crippen MR) is 157 cm³/mol. The Bertz CT molecular complexity index is 1400. The Balaban J connectivity index is 1.07. The number of piperazine rings is 1. The van der Waals surface area contributed by atoms with Gasteiger partial charge in [0.1, 0.15) is 5.82 Å². The van der Waals surface area contributed by atoms with E-state index >= 15 is 0 Å². The van der Waals surface area contributed by atoms with Crippen molar-refractivity contribution in [3.63, 3.8) is 0 Å². The van der Waals surface area contributed by atoms with Crippen molar-refractivity contribution in [3.05, 3.63) is 88.7 Å². The van der Waals surface area contributed by atoms with E-state index in [-0.39, 0.29) is 5.92 Å². The maximum absolute atomic E-state index is 13.4. The molecule has 2 aliphatic heterocycles. The Kier molecular flexibility index (Phi) is 7.22. The summed E-state index contributed by atoms with van der Waals surface area (Å²) in [6, 6.07) is 25.4. The highest BCUT2D eigenvalue weighted by molar-refractivity contribution is 9.10. The lowest BCUT2D eigenvalue weighted by Crippen LogP contribution is -2.51. The number of fused-ring (bicyclic) bond motifs is 1. The van der Waals surface area contributed by atoms with Crippen molar-refractivity contribution in [2.24, 2.45) is 5.92 Å². The zero-order valence-electron chi connectivity index (χ0n) is 21.9. The van der Waals surface area contributed by atoms with Crippen molar-refractivity contribution < 1.29 is 4.79 Å². The van der Waals surface area contributed by atoms with Gasteiger partial charge in [-0.2, -0.15) is 0 Å². The quantitative estimate of drug-likeness (QED) is 0.310. The van der Waals surface area contributed by atoms with Gasteiger partial charge in [0.2, 0.25) is 5.91 Å². The number of anilines is 1. The molecule has 38 heavy (non-hydrogen) atoms. The molecule has 0 radical (unpaired) electrons. The molecule has 1 aromatic heterocycles. The van der Waals surface area contributed by atoms with Crippen LogP contribution in [0.3, 0.4) is 0 Å². The molecule has 0 unspecified atom stereocenters. The summed E-state index contributed by atoms with van der Waals surface area (Å²) in [5, 5.41) is 0. The fourth-order valence-corrected chi connectivity index (χ4v) is 6.06. The average molecular weight is 573 g/mol. The Morgan fingerprint density at radius 3 is 2.21 bits per heavy atom. The number of hydrogen-bond donors (Lipinski definition) is 0. The normalized spacial score (nSPS) is 17.3. The summed E-state index contributed by atoms with van der Waals surface area (Å²) in [5.41, 5.74) is 5.79. The van der Waals surface area contributed by atoms with Crippen molar-refractivity contribution in [2.45, 2.75) is 26.3 Å². The van der Waals surface area contributed by atoms with Crippen molar-refractivity contribution in [1.82, 2.24) is 19.4 Å². The van der Waals surface area contributed by atoms with Gasteiger partial charge in [-0.3, -0.25) is 14.3 Å². The number of likely N-dealkylation sites (tertiary alicyclic amines) is 1. The van der Waals surface area contributed by atoms with Crippen LogP contribution >= 0.6 is 15.9 Å². The number of carbonyl (C=O) groups excluding carboxylic acids is 1. The maximum atomic E-state index is 13.4. The number of para-hydroxylation sites is 2. The molecule has 0 atom stereocenters. The van der Waals surface area contributed by atoms with E-state index in [0.29, 0.717) is 5.91 Å². The number of carbonyl (C=O) groups is 1. The first-order valence-corrected chi connectivity index (χ1v) is 14.4. The number of hydrogen-bond acceptors (Lipinski definition) is 4. The minimum Gasteiger partial charge on any atom is -0.368 e. The first-order valence-electron chi connectivity index (χ1n) is 13.6. The molecule has 3 aromatic carbocycles. The number of nitrogens with zero attached hydrogens (tertiary/aromatic N) is 5. The molecular formula is C31H34BrN5O. The second kappa shape index (κ2) is 10.9. The molecule has 2 fully saturated rings. The van der Waals surface area contributed by atoms with E-state index in [1.54, 1.807) is 0 Å². The van der Waals surface area contributed by atoms with E-state index in [1.807, 2.05) is 6.07 Å². The van der Waals surface area contributed by atoms with Crippen molar-refractivity contribution >= 4 is 38.6 Å². The zero-order chi connectivity index (χ0) is 26.1. The summed E-state index contributed by atoms with van der Waals surface area (Å²) >= 11 is 3.55. The molecule has 196 valence electrons. The van der Waals surface area contributed by atoms with Crippen LogP contribution in [0.1, 0.15) is 24.2 Å². The maximum Gasteiger partial charge on any atom is 0.225 e. The monoisotopic (exact) mass is 571 g/mol. The predicted octanol–water partition coefficient (Wildman–Crippen LogP) is 5.66. The zero-order valence-corrected chi connectivity index (χ0v) is 23.5. The molecule has 6 nitrogen and oxygen atoms in total. The Labute approximate surface area is 233 Å². The van der Waals surface area contributed by atoms with Gasteiger partial charge < -0.3 is 9.80 Å². The minimum absolute atomic E-state index is 0.127. The van der Waals surface area contributed by atoms with Gasteiger partial charge in [-0.05, 0) is 81.4 Å². The van der Waals surface area contributed by atoms with Gasteiger partial charge in [-0.1, -0.05) is 45.8 Å². The van der Waals surface area contributed by atoms with Crippen molar-refractivity contribution in [3.8, 4) is 5.69 Å².